The Bertz CT molecular complexity index is 1420. The molecule has 234 valence electrons. The zero-order chi connectivity index (χ0) is 30.8. The lowest BCUT2D eigenvalue weighted by molar-refractivity contribution is -0.624. The second-order valence-corrected chi connectivity index (χ2v) is 12.5. The first-order valence-electron chi connectivity index (χ1n) is 14.2. The minimum atomic E-state index is -3.82. The highest BCUT2D eigenvalue weighted by atomic mass is 32.2. The molecule has 4 rings (SSSR count). The third-order valence-electron chi connectivity index (χ3n) is 7.35. The van der Waals surface area contributed by atoms with Crippen LogP contribution in [0.1, 0.15) is 31.2 Å². The van der Waals surface area contributed by atoms with E-state index in [2.05, 4.69) is 10.2 Å². The number of nitrogens with zero attached hydrogens (tertiary/aromatic N) is 5. The Balaban J connectivity index is 1.48. The lowest BCUT2D eigenvalue weighted by Gasteiger charge is -2.25. The topological polar surface area (TPSA) is 184 Å². The maximum absolute atomic E-state index is 12.2. The summed E-state index contributed by atoms with van der Waals surface area (Å²) in [4.78, 5) is 10.1. The van der Waals surface area contributed by atoms with Crippen LogP contribution in [0, 0.1) is 10.1 Å². The second-order valence-electron chi connectivity index (χ2n) is 10.5. The van der Waals surface area contributed by atoms with Crippen molar-refractivity contribution in [3.8, 4) is 5.75 Å². The van der Waals surface area contributed by atoms with Gasteiger partial charge in [-0.1, -0.05) is 0 Å². The highest BCUT2D eigenvalue weighted by Gasteiger charge is 2.27. The molecule has 2 heterocycles. The van der Waals surface area contributed by atoms with Crippen molar-refractivity contribution in [2.24, 2.45) is 10.2 Å². The first-order valence-corrected chi connectivity index (χ1v) is 16.0. The SMILES string of the molecule is CS(=O)(=O)c1cc([N+](=O)[O-])ccc1N=Nc1ccc(O)c(CC2COCCC3CCOCCOCCC(CCO2)[N+]3=[N-])c1. The van der Waals surface area contributed by atoms with E-state index in [1.807, 2.05) is 0 Å². The Morgan fingerprint density at radius 2 is 1.60 bits per heavy atom. The fourth-order valence-corrected chi connectivity index (χ4v) is 5.82. The molecule has 2 bridgehead atoms. The molecular formula is C28H37N5O9S. The van der Waals surface area contributed by atoms with Gasteiger partial charge in [0.1, 0.15) is 28.4 Å². The Morgan fingerprint density at radius 1 is 0.953 bits per heavy atom. The molecule has 3 unspecified atom stereocenters. The van der Waals surface area contributed by atoms with Gasteiger partial charge in [0, 0.05) is 50.5 Å². The molecule has 2 fully saturated rings. The fourth-order valence-electron chi connectivity index (χ4n) is 5.00. The van der Waals surface area contributed by atoms with Crippen LogP contribution < -0.4 is 0 Å². The fraction of sp³-hybridized carbons (Fsp3) is 0.571. The van der Waals surface area contributed by atoms with Gasteiger partial charge in [-0.2, -0.15) is 5.11 Å². The van der Waals surface area contributed by atoms with Gasteiger partial charge in [0.05, 0.1) is 63.0 Å². The predicted molar refractivity (Wildman–Crippen MR) is 154 cm³/mol. The van der Waals surface area contributed by atoms with Crippen LogP contribution in [0.4, 0.5) is 17.1 Å². The molecule has 2 aliphatic rings. The summed E-state index contributed by atoms with van der Waals surface area (Å²) < 4.78 is 49.2. The normalized spacial score (nSPS) is 23.3. The first kappa shape index (κ1) is 32.5. The van der Waals surface area contributed by atoms with Crippen molar-refractivity contribution in [2.75, 3.05) is 52.5 Å². The van der Waals surface area contributed by atoms with Crippen molar-refractivity contribution < 1.29 is 42.1 Å². The van der Waals surface area contributed by atoms with Crippen molar-refractivity contribution in [3.05, 3.63) is 57.6 Å². The molecule has 43 heavy (non-hydrogen) atoms. The highest BCUT2D eigenvalue weighted by Crippen LogP contribution is 2.32. The van der Waals surface area contributed by atoms with E-state index in [9.17, 15) is 29.2 Å². The van der Waals surface area contributed by atoms with Crippen LogP contribution >= 0.6 is 0 Å². The smallest absolute Gasteiger partial charge is 0.270 e. The standard InChI is InChI=1S/C28H37N5O9S/c1-43(37,38)28-18-24(33(35)36)3-4-26(28)31-30-21-2-5-27(34)20(16-21)17-25-19-41-12-8-22-6-10-39-14-15-40-11-7-23(32(22)29)9-13-42-25/h2-5,16,18,22-23,25,34H,6-15,17,19H2,1H3. The molecule has 2 saturated heterocycles. The van der Waals surface area contributed by atoms with Crippen LogP contribution in [0.15, 0.2) is 51.5 Å². The van der Waals surface area contributed by atoms with Gasteiger partial charge in [0.2, 0.25) is 0 Å². The molecule has 15 heteroatoms. The summed E-state index contributed by atoms with van der Waals surface area (Å²) in [6.45, 7) is 3.09. The summed E-state index contributed by atoms with van der Waals surface area (Å²) in [5.74, 6) is 0.0232. The number of sulfone groups is 1. The molecule has 0 aliphatic carbocycles. The molecule has 2 aliphatic heterocycles. The molecule has 3 atom stereocenters. The van der Waals surface area contributed by atoms with E-state index < -0.39 is 20.9 Å². The van der Waals surface area contributed by atoms with E-state index in [1.165, 1.54) is 22.9 Å². The maximum Gasteiger partial charge on any atom is 0.270 e. The molecule has 0 radical (unpaired) electrons. The van der Waals surface area contributed by atoms with Crippen molar-refractivity contribution >= 4 is 26.9 Å². The number of hydrogen-bond donors (Lipinski definition) is 1. The molecule has 0 spiro atoms. The van der Waals surface area contributed by atoms with Crippen molar-refractivity contribution in [2.45, 2.75) is 55.2 Å². The Labute approximate surface area is 250 Å². The van der Waals surface area contributed by atoms with Crippen molar-refractivity contribution in [3.63, 3.8) is 0 Å². The van der Waals surface area contributed by atoms with Crippen molar-refractivity contribution in [1.29, 1.82) is 0 Å². The maximum atomic E-state index is 12.2. The van der Waals surface area contributed by atoms with Crippen LogP contribution in [0.2, 0.25) is 0 Å². The van der Waals surface area contributed by atoms with E-state index >= 15 is 0 Å². The Kier molecular flexibility index (Phi) is 11.6. The largest absolute Gasteiger partial charge is 0.508 e. The average Bonchev–Trinajstić information content (AvgIpc) is 3.02. The van der Waals surface area contributed by atoms with Gasteiger partial charge < -0.3 is 34.3 Å². The lowest BCUT2D eigenvalue weighted by Crippen LogP contribution is -2.36. The van der Waals surface area contributed by atoms with E-state index in [1.54, 1.807) is 6.07 Å². The zero-order valence-corrected chi connectivity index (χ0v) is 24.9. The van der Waals surface area contributed by atoms with Gasteiger partial charge in [-0.25, -0.2) is 8.42 Å². The average molecular weight is 620 g/mol. The first-order chi connectivity index (χ1) is 20.6. The van der Waals surface area contributed by atoms with Crippen LogP contribution in [-0.4, -0.2) is 93.8 Å². The summed E-state index contributed by atoms with van der Waals surface area (Å²) in [6.07, 6.45) is 3.34. The molecule has 0 saturated carbocycles. The minimum absolute atomic E-state index is 0.0232. The van der Waals surface area contributed by atoms with E-state index in [0.717, 1.165) is 18.4 Å². The van der Waals surface area contributed by atoms with Crippen molar-refractivity contribution in [1.82, 2.24) is 0 Å². The number of phenols is 1. The Hall–Kier alpha value is -3.37. The van der Waals surface area contributed by atoms with E-state index in [0.29, 0.717) is 83.0 Å². The summed E-state index contributed by atoms with van der Waals surface area (Å²) in [5.41, 5.74) is 11.5. The van der Waals surface area contributed by atoms with Gasteiger partial charge >= 0.3 is 0 Å². The van der Waals surface area contributed by atoms with Gasteiger partial charge in [-0.15, -0.1) is 5.11 Å². The van der Waals surface area contributed by atoms with Crippen LogP contribution in [0.25, 0.3) is 5.53 Å². The number of phenolic OH excluding ortho intramolecular Hbond substituents is 1. The highest BCUT2D eigenvalue weighted by molar-refractivity contribution is 7.90. The monoisotopic (exact) mass is 619 g/mol. The number of rotatable bonds is 6. The summed E-state index contributed by atoms with van der Waals surface area (Å²) in [5, 5.41) is 29.9. The summed E-state index contributed by atoms with van der Waals surface area (Å²) in [6, 6.07) is 7.64. The van der Waals surface area contributed by atoms with Gasteiger partial charge in [0.25, 0.3) is 5.69 Å². The Morgan fingerprint density at radius 3 is 2.26 bits per heavy atom. The van der Waals surface area contributed by atoms with Crippen LogP contribution in [0.5, 0.6) is 5.75 Å². The minimum Gasteiger partial charge on any atom is -0.508 e. The third-order valence-corrected chi connectivity index (χ3v) is 8.48. The molecule has 2 aromatic carbocycles. The number of nitro groups is 1. The molecule has 2 aromatic rings. The van der Waals surface area contributed by atoms with Crippen LogP contribution in [-0.2, 0) is 35.2 Å². The molecule has 1 N–H and O–H groups in total. The number of azo groups is 1. The lowest BCUT2D eigenvalue weighted by atomic mass is 10.1. The number of non-ortho nitro benzene ring substituents is 1. The van der Waals surface area contributed by atoms with Gasteiger partial charge in [-0.3, -0.25) is 10.1 Å². The van der Waals surface area contributed by atoms with Gasteiger partial charge in [-0.05, 0) is 29.8 Å². The van der Waals surface area contributed by atoms with E-state index in [4.69, 9.17) is 18.9 Å². The van der Waals surface area contributed by atoms with Crippen LogP contribution in [0.3, 0.4) is 0 Å². The number of hydrogen-bond acceptors (Lipinski definition) is 11. The molecular weight excluding hydrogens is 582 g/mol. The number of fused-ring (bicyclic) bond motifs is 2. The summed E-state index contributed by atoms with van der Waals surface area (Å²) in [7, 11) is -3.82. The zero-order valence-electron chi connectivity index (χ0n) is 24.0. The molecule has 14 nitrogen and oxygen atoms in total. The predicted octanol–water partition coefficient (Wildman–Crippen LogP) is 4.46. The number of nitro benzene ring substituents is 1. The number of ether oxygens (including phenoxy) is 4. The third kappa shape index (κ3) is 9.56. The number of benzene rings is 2. The number of aromatic hydroxyl groups is 1. The second kappa shape index (κ2) is 15.4. The quantitative estimate of drug-likeness (QED) is 0.211. The van der Waals surface area contributed by atoms with Gasteiger partial charge in [0.15, 0.2) is 9.84 Å². The molecule has 0 aromatic heterocycles. The summed E-state index contributed by atoms with van der Waals surface area (Å²) >= 11 is 0. The van der Waals surface area contributed by atoms with E-state index in [-0.39, 0.29) is 40.7 Å². The molecule has 0 amide bonds.